The maximum Gasteiger partial charge on any atom is 0.0722 e. The van der Waals surface area contributed by atoms with Gasteiger partial charge in [-0.15, -0.1) is 0 Å². The molecule has 0 N–H and O–H groups in total. The first-order valence-electron chi connectivity index (χ1n) is 11.4. The summed E-state index contributed by atoms with van der Waals surface area (Å²) in [4.78, 5) is 13.9. The van der Waals surface area contributed by atoms with Crippen LogP contribution in [-0.4, -0.2) is 15.0 Å². The summed E-state index contributed by atoms with van der Waals surface area (Å²) in [6.45, 7) is 0. The van der Waals surface area contributed by atoms with Crippen LogP contribution in [0.1, 0.15) is 11.1 Å². The molecule has 34 heavy (non-hydrogen) atoms. The monoisotopic (exact) mass is 433 g/mol. The minimum absolute atomic E-state index is 1.01. The molecule has 0 saturated heterocycles. The van der Waals surface area contributed by atoms with Crippen LogP contribution in [-0.2, 0) is 0 Å². The number of nitrogens with zero attached hydrogens (tertiary/aromatic N) is 3. The number of hydrogen-bond acceptors (Lipinski definition) is 3. The Morgan fingerprint density at radius 1 is 0.471 bits per heavy atom. The molecule has 0 fully saturated rings. The van der Waals surface area contributed by atoms with Crippen LogP contribution in [0.15, 0.2) is 116 Å². The summed E-state index contributed by atoms with van der Waals surface area (Å²) in [5.41, 5.74) is 5.28. The number of para-hydroxylation sites is 1. The van der Waals surface area contributed by atoms with Gasteiger partial charge < -0.3 is 0 Å². The maximum absolute atomic E-state index is 5.05. The van der Waals surface area contributed by atoms with Crippen molar-refractivity contribution in [3.05, 3.63) is 132 Å². The zero-order chi connectivity index (χ0) is 22.5. The second-order valence-electron chi connectivity index (χ2n) is 8.48. The maximum atomic E-state index is 5.05. The highest BCUT2D eigenvalue weighted by molar-refractivity contribution is 6.29. The zero-order valence-corrected chi connectivity index (χ0v) is 18.3. The van der Waals surface area contributed by atoms with Gasteiger partial charge in [-0.1, -0.05) is 66.7 Å². The Morgan fingerprint density at radius 2 is 1.09 bits per heavy atom. The summed E-state index contributed by atoms with van der Waals surface area (Å²) in [6, 6.07) is 31.8. The zero-order valence-electron chi connectivity index (χ0n) is 18.3. The van der Waals surface area contributed by atoms with Crippen LogP contribution in [0.3, 0.4) is 0 Å². The molecule has 0 aliphatic rings. The number of benzene rings is 4. The minimum atomic E-state index is 1.01. The van der Waals surface area contributed by atoms with Crippen molar-refractivity contribution < 1.29 is 0 Å². The first-order valence-corrected chi connectivity index (χ1v) is 11.4. The number of pyridine rings is 3. The van der Waals surface area contributed by atoms with Crippen LogP contribution < -0.4 is 5.22 Å². The minimum Gasteiger partial charge on any atom is -0.264 e. The summed E-state index contributed by atoms with van der Waals surface area (Å²) in [5, 5.41) is 8.44. The quantitative estimate of drug-likeness (QED) is 0.232. The van der Waals surface area contributed by atoms with E-state index in [1.165, 1.54) is 37.5 Å². The molecule has 7 aromatic rings. The van der Waals surface area contributed by atoms with Gasteiger partial charge in [-0.3, -0.25) is 9.97 Å². The molecule has 3 heteroatoms. The van der Waals surface area contributed by atoms with Crippen LogP contribution in [0.2, 0.25) is 0 Å². The van der Waals surface area contributed by atoms with E-state index in [2.05, 4.69) is 88.8 Å². The average molecular weight is 434 g/mol. The van der Waals surface area contributed by atoms with E-state index in [4.69, 9.17) is 4.98 Å². The van der Waals surface area contributed by atoms with Crippen LogP contribution in [0.5, 0.6) is 0 Å². The summed E-state index contributed by atoms with van der Waals surface area (Å²) in [7, 11) is 0. The molecule has 3 heterocycles. The van der Waals surface area contributed by atoms with E-state index in [1.807, 2.05) is 36.9 Å². The van der Waals surface area contributed by atoms with E-state index in [0.717, 1.165) is 27.7 Å². The Balaban J connectivity index is 1.86. The van der Waals surface area contributed by atoms with Gasteiger partial charge in [-0.25, -0.2) is 4.98 Å². The lowest BCUT2D eigenvalue weighted by molar-refractivity contribution is 1.28. The van der Waals surface area contributed by atoms with Gasteiger partial charge in [-0.2, -0.15) is 0 Å². The van der Waals surface area contributed by atoms with Gasteiger partial charge in [0.1, 0.15) is 0 Å². The molecule has 0 radical (unpaired) electrons. The fraction of sp³-hybridized carbons (Fsp3) is 0. The first-order chi connectivity index (χ1) is 16.9. The molecular formula is C31H19N3. The molecule has 0 unspecified atom stereocenters. The Bertz CT molecular complexity index is 1850. The highest BCUT2D eigenvalue weighted by atomic mass is 14.7. The van der Waals surface area contributed by atoms with Crippen molar-refractivity contribution in [1.29, 1.82) is 0 Å². The van der Waals surface area contributed by atoms with Crippen molar-refractivity contribution in [2.24, 2.45) is 0 Å². The average Bonchev–Trinajstić information content (AvgIpc) is 2.91. The van der Waals surface area contributed by atoms with Gasteiger partial charge in [0.2, 0.25) is 0 Å². The van der Waals surface area contributed by atoms with Gasteiger partial charge in [0.15, 0.2) is 0 Å². The van der Waals surface area contributed by atoms with Gasteiger partial charge in [0.05, 0.1) is 11.0 Å². The fourth-order valence-electron chi connectivity index (χ4n) is 5.24. The van der Waals surface area contributed by atoms with Crippen LogP contribution in [0.25, 0.3) is 48.9 Å². The van der Waals surface area contributed by atoms with Crippen molar-refractivity contribution >= 4 is 48.9 Å². The summed E-state index contributed by atoms with van der Waals surface area (Å²) < 4.78 is 0. The smallest absolute Gasteiger partial charge is 0.0722 e. The third-order valence-corrected chi connectivity index (χ3v) is 6.59. The lowest BCUT2D eigenvalue weighted by atomic mass is 9.88. The van der Waals surface area contributed by atoms with Gasteiger partial charge in [-0.05, 0) is 45.6 Å². The lowest BCUT2D eigenvalue weighted by Gasteiger charge is -2.16. The van der Waals surface area contributed by atoms with E-state index in [9.17, 15) is 0 Å². The fourth-order valence-corrected chi connectivity index (χ4v) is 5.24. The highest BCUT2D eigenvalue weighted by Crippen LogP contribution is 2.36. The molecule has 0 amide bonds. The molecule has 3 nitrogen and oxygen atoms in total. The topological polar surface area (TPSA) is 38.7 Å². The Kier molecular flexibility index (Phi) is 4.15. The van der Waals surface area contributed by atoms with E-state index in [0.29, 0.717) is 0 Å². The van der Waals surface area contributed by atoms with Crippen molar-refractivity contribution in [2.45, 2.75) is 0 Å². The molecular weight excluding hydrogens is 414 g/mol. The molecule has 3 aromatic heterocycles. The standard InChI is InChI=1S/C31H19N3/c1-2-11-23-22(10-1)29-24-12-3-4-14-26(24)34-27-15-5-13-25(31(27)29)30(23)28(20-8-6-16-32-18-20)21-9-7-17-33-19-21/h1-19H. The van der Waals surface area contributed by atoms with Crippen LogP contribution in [0, 0.1) is 0 Å². The van der Waals surface area contributed by atoms with Crippen molar-refractivity contribution in [1.82, 2.24) is 15.0 Å². The molecule has 0 atom stereocenters. The molecule has 0 aliphatic carbocycles. The second-order valence-corrected chi connectivity index (χ2v) is 8.48. The highest BCUT2D eigenvalue weighted by Gasteiger charge is 2.17. The molecule has 0 aliphatic heterocycles. The third-order valence-electron chi connectivity index (χ3n) is 6.59. The SMILES string of the molecule is c1cncc(C(c2cccnc2)=c2c3ccccc3c3c4ccccc4nc4cccc2c43)c1. The van der Waals surface area contributed by atoms with Crippen LogP contribution in [0.4, 0.5) is 0 Å². The number of fused-ring (bicyclic) bond motifs is 4. The molecule has 7 rings (SSSR count). The third kappa shape index (κ3) is 2.74. The van der Waals surface area contributed by atoms with Crippen molar-refractivity contribution in [2.75, 3.05) is 0 Å². The first kappa shape index (κ1) is 18.9. The van der Waals surface area contributed by atoms with Crippen molar-refractivity contribution in [3.8, 4) is 0 Å². The van der Waals surface area contributed by atoms with E-state index >= 15 is 0 Å². The molecule has 4 aromatic carbocycles. The van der Waals surface area contributed by atoms with Crippen molar-refractivity contribution in [3.63, 3.8) is 0 Å². The second kappa shape index (κ2) is 7.46. The molecule has 0 spiro atoms. The normalized spacial score (nSPS) is 11.5. The predicted octanol–water partition coefficient (Wildman–Crippen LogP) is 6.45. The van der Waals surface area contributed by atoms with Gasteiger partial charge in [0.25, 0.3) is 0 Å². The number of hydrogen-bond donors (Lipinski definition) is 0. The van der Waals surface area contributed by atoms with Crippen LogP contribution >= 0.6 is 0 Å². The molecule has 158 valence electrons. The van der Waals surface area contributed by atoms with E-state index in [1.54, 1.807) is 0 Å². The Hall–Kier alpha value is -4.63. The Labute approximate surface area is 196 Å². The van der Waals surface area contributed by atoms with E-state index in [-0.39, 0.29) is 0 Å². The predicted molar refractivity (Wildman–Crippen MR) is 140 cm³/mol. The summed E-state index contributed by atoms with van der Waals surface area (Å²) in [6.07, 6.45) is 7.50. The largest absolute Gasteiger partial charge is 0.264 e. The van der Waals surface area contributed by atoms with Gasteiger partial charge in [0, 0.05) is 57.6 Å². The van der Waals surface area contributed by atoms with E-state index < -0.39 is 0 Å². The molecule has 0 bridgehead atoms. The number of aromatic nitrogens is 3. The Morgan fingerprint density at radius 3 is 1.79 bits per heavy atom. The summed E-state index contributed by atoms with van der Waals surface area (Å²) in [5.74, 6) is 0. The summed E-state index contributed by atoms with van der Waals surface area (Å²) >= 11 is 0. The molecule has 0 saturated carbocycles. The van der Waals surface area contributed by atoms with Gasteiger partial charge >= 0.3 is 0 Å². The number of rotatable bonds is 2. The lowest BCUT2D eigenvalue weighted by Crippen LogP contribution is -2.13.